The van der Waals surface area contributed by atoms with Crippen LogP contribution in [0.3, 0.4) is 0 Å². The van der Waals surface area contributed by atoms with Crippen molar-refractivity contribution in [3.05, 3.63) is 28.2 Å². The van der Waals surface area contributed by atoms with E-state index in [1.54, 1.807) is 0 Å². The molecule has 0 radical (unpaired) electrons. The molecule has 1 saturated heterocycles. The highest BCUT2D eigenvalue weighted by atomic mass is 79.9. The van der Waals surface area contributed by atoms with Gasteiger partial charge in [-0.3, -0.25) is 9.69 Å². The summed E-state index contributed by atoms with van der Waals surface area (Å²) in [6, 6.07) is 5.60. The normalized spacial score (nSPS) is 18.5. The van der Waals surface area contributed by atoms with E-state index >= 15 is 0 Å². The summed E-state index contributed by atoms with van der Waals surface area (Å²) >= 11 is 3.49. The molecule has 2 rings (SSSR count). The zero-order valence-corrected chi connectivity index (χ0v) is 14.6. The maximum absolute atomic E-state index is 11.3. The molecule has 5 heteroatoms. The lowest BCUT2D eigenvalue weighted by Gasteiger charge is -2.22. The quantitative estimate of drug-likeness (QED) is 0.701. The van der Waals surface area contributed by atoms with Crippen LogP contribution in [0.4, 0.5) is 0 Å². The maximum Gasteiger partial charge on any atom is 0.320 e. The van der Waals surface area contributed by atoms with Crippen molar-refractivity contribution < 1.29 is 14.6 Å². The van der Waals surface area contributed by atoms with E-state index in [1.165, 1.54) is 12.8 Å². The Balaban J connectivity index is 2.05. The zero-order chi connectivity index (χ0) is 15.9. The molecule has 1 heterocycles. The Bertz CT molecular complexity index is 507. The van der Waals surface area contributed by atoms with Crippen LogP contribution < -0.4 is 4.74 Å². The van der Waals surface area contributed by atoms with E-state index in [0.717, 1.165) is 41.6 Å². The Morgan fingerprint density at radius 3 is 3.00 bits per heavy atom. The molecule has 122 valence electrons. The SMILES string of the molecule is CCCCCOc1ccc(Br)cc1CN1CCC[C@@H]1C(=O)O. The first-order valence-electron chi connectivity index (χ1n) is 8.00. The van der Waals surface area contributed by atoms with Gasteiger partial charge in [-0.25, -0.2) is 0 Å². The van der Waals surface area contributed by atoms with E-state index < -0.39 is 5.97 Å². The molecular formula is C17H24BrNO3. The molecule has 1 N–H and O–H groups in total. The topological polar surface area (TPSA) is 49.8 Å². The van der Waals surface area contributed by atoms with Crippen molar-refractivity contribution >= 4 is 21.9 Å². The first-order valence-corrected chi connectivity index (χ1v) is 8.79. The highest BCUT2D eigenvalue weighted by Gasteiger charge is 2.30. The van der Waals surface area contributed by atoms with Gasteiger partial charge < -0.3 is 9.84 Å². The maximum atomic E-state index is 11.3. The number of unbranched alkanes of at least 4 members (excludes halogenated alkanes) is 2. The van der Waals surface area contributed by atoms with Crippen LogP contribution in [-0.4, -0.2) is 35.2 Å². The third-order valence-corrected chi connectivity index (χ3v) is 4.54. The highest BCUT2D eigenvalue weighted by Crippen LogP contribution is 2.28. The number of nitrogens with zero attached hydrogens (tertiary/aromatic N) is 1. The molecule has 0 amide bonds. The number of hydrogen-bond donors (Lipinski definition) is 1. The van der Waals surface area contributed by atoms with Crippen molar-refractivity contribution in [1.82, 2.24) is 4.90 Å². The first-order chi connectivity index (χ1) is 10.6. The lowest BCUT2D eigenvalue weighted by atomic mass is 10.1. The van der Waals surface area contributed by atoms with Crippen LogP contribution in [0, 0.1) is 0 Å². The Morgan fingerprint density at radius 2 is 2.27 bits per heavy atom. The summed E-state index contributed by atoms with van der Waals surface area (Å²) < 4.78 is 6.90. The van der Waals surface area contributed by atoms with Crippen molar-refractivity contribution in [2.24, 2.45) is 0 Å². The summed E-state index contributed by atoms with van der Waals surface area (Å²) in [5.74, 6) is 0.147. The number of carbonyl (C=O) groups is 1. The standard InChI is InChI=1S/C17H24BrNO3/c1-2-3-4-10-22-16-8-7-14(18)11-13(16)12-19-9-5-6-15(19)17(20)21/h7-8,11,15H,2-6,9-10,12H2,1H3,(H,20,21)/t15-/m1/s1. The summed E-state index contributed by atoms with van der Waals surface area (Å²) in [4.78, 5) is 13.3. The molecule has 0 spiro atoms. The second-order valence-corrected chi connectivity index (χ2v) is 6.69. The third kappa shape index (κ3) is 4.71. The Hall–Kier alpha value is -1.07. The fourth-order valence-corrected chi connectivity index (χ4v) is 3.27. The van der Waals surface area contributed by atoms with Crippen LogP contribution in [0.1, 0.15) is 44.6 Å². The molecule has 0 aliphatic carbocycles. The zero-order valence-electron chi connectivity index (χ0n) is 13.1. The fourth-order valence-electron chi connectivity index (χ4n) is 2.86. The van der Waals surface area contributed by atoms with Gasteiger partial charge in [-0.1, -0.05) is 35.7 Å². The van der Waals surface area contributed by atoms with E-state index in [0.29, 0.717) is 13.2 Å². The molecule has 0 unspecified atom stereocenters. The van der Waals surface area contributed by atoms with Crippen LogP contribution in [0.25, 0.3) is 0 Å². The molecule has 4 nitrogen and oxygen atoms in total. The van der Waals surface area contributed by atoms with Gasteiger partial charge in [0.05, 0.1) is 6.61 Å². The highest BCUT2D eigenvalue weighted by molar-refractivity contribution is 9.10. The molecule has 1 aromatic rings. The summed E-state index contributed by atoms with van der Waals surface area (Å²) in [6.45, 7) is 4.34. The van der Waals surface area contributed by atoms with Gasteiger partial charge in [-0.15, -0.1) is 0 Å². The predicted octanol–water partition coefficient (Wildman–Crippen LogP) is 4.07. The van der Waals surface area contributed by atoms with E-state index in [1.807, 2.05) is 23.1 Å². The van der Waals surface area contributed by atoms with Gasteiger partial charge in [0.2, 0.25) is 0 Å². The van der Waals surface area contributed by atoms with Crippen molar-refractivity contribution in [2.75, 3.05) is 13.2 Å². The van der Waals surface area contributed by atoms with Crippen LogP contribution >= 0.6 is 15.9 Å². The first kappa shape index (κ1) is 17.3. The molecular weight excluding hydrogens is 346 g/mol. The van der Waals surface area contributed by atoms with Crippen molar-refractivity contribution in [2.45, 2.75) is 51.6 Å². The third-order valence-electron chi connectivity index (χ3n) is 4.05. The van der Waals surface area contributed by atoms with Gasteiger partial charge in [0.25, 0.3) is 0 Å². The number of benzene rings is 1. The molecule has 1 aliphatic heterocycles. The summed E-state index contributed by atoms with van der Waals surface area (Å²) in [5.41, 5.74) is 1.05. The van der Waals surface area contributed by atoms with Crippen LogP contribution in [-0.2, 0) is 11.3 Å². The number of likely N-dealkylation sites (tertiary alicyclic amines) is 1. The second-order valence-electron chi connectivity index (χ2n) is 5.77. The number of carboxylic acid groups (broad SMARTS) is 1. The monoisotopic (exact) mass is 369 g/mol. The van der Waals surface area contributed by atoms with E-state index in [2.05, 4.69) is 22.9 Å². The Morgan fingerprint density at radius 1 is 1.45 bits per heavy atom. The van der Waals surface area contributed by atoms with Crippen molar-refractivity contribution in [3.8, 4) is 5.75 Å². The van der Waals surface area contributed by atoms with E-state index in [4.69, 9.17) is 4.74 Å². The van der Waals surface area contributed by atoms with Crippen LogP contribution in [0.5, 0.6) is 5.75 Å². The molecule has 0 bridgehead atoms. The largest absolute Gasteiger partial charge is 0.493 e. The van der Waals surface area contributed by atoms with Gasteiger partial charge in [0, 0.05) is 16.6 Å². The minimum absolute atomic E-state index is 0.369. The fraction of sp³-hybridized carbons (Fsp3) is 0.588. The average molecular weight is 370 g/mol. The molecule has 0 saturated carbocycles. The molecule has 1 atom stereocenters. The minimum atomic E-state index is -0.724. The van der Waals surface area contributed by atoms with E-state index in [9.17, 15) is 9.90 Å². The second kappa shape index (κ2) is 8.53. The number of carboxylic acids is 1. The van der Waals surface area contributed by atoms with Gasteiger partial charge in [-0.2, -0.15) is 0 Å². The Labute approximate surface area is 140 Å². The summed E-state index contributed by atoms with van der Waals surface area (Å²) in [6.07, 6.45) is 5.06. The van der Waals surface area contributed by atoms with Crippen LogP contribution in [0.2, 0.25) is 0 Å². The molecule has 0 aromatic heterocycles. The van der Waals surface area contributed by atoms with Crippen LogP contribution in [0.15, 0.2) is 22.7 Å². The number of hydrogen-bond acceptors (Lipinski definition) is 3. The minimum Gasteiger partial charge on any atom is -0.493 e. The Kier molecular flexibility index (Phi) is 6.70. The van der Waals surface area contributed by atoms with Gasteiger partial charge >= 0.3 is 5.97 Å². The van der Waals surface area contributed by atoms with Gasteiger partial charge in [-0.05, 0) is 44.0 Å². The van der Waals surface area contributed by atoms with Gasteiger partial charge in [0.15, 0.2) is 0 Å². The molecule has 1 fully saturated rings. The number of aliphatic carboxylic acids is 1. The summed E-state index contributed by atoms with van der Waals surface area (Å²) in [5, 5.41) is 9.30. The summed E-state index contributed by atoms with van der Waals surface area (Å²) in [7, 11) is 0. The van der Waals surface area contributed by atoms with Crippen molar-refractivity contribution in [3.63, 3.8) is 0 Å². The van der Waals surface area contributed by atoms with E-state index in [-0.39, 0.29) is 6.04 Å². The van der Waals surface area contributed by atoms with Gasteiger partial charge in [0.1, 0.15) is 11.8 Å². The number of rotatable bonds is 8. The molecule has 1 aliphatic rings. The van der Waals surface area contributed by atoms with Crippen molar-refractivity contribution in [1.29, 1.82) is 0 Å². The number of halogens is 1. The molecule has 1 aromatic carbocycles. The lowest BCUT2D eigenvalue weighted by molar-refractivity contribution is -0.142. The smallest absolute Gasteiger partial charge is 0.320 e. The number of ether oxygens (including phenoxy) is 1. The molecule has 22 heavy (non-hydrogen) atoms. The average Bonchev–Trinajstić information content (AvgIpc) is 2.94. The predicted molar refractivity (Wildman–Crippen MR) is 90.2 cm³/mol. The lowest BCUT2D eigenvalue weighted by Crippen LogP contribution is -2.35.